The number of carbonyl (C=O) groups excluding carboxylic acids is 2. The molecule has 0 aromatic rings. The molecule has 1 unspecified atom stereocenters. The minimum Gasteiger partial charge on any atom is -0.385 e. The number of hydrogen-bond donors (Lipinski definition) is 2. The van der Waals surface area contributed by atoms with Crippen LogP contribution >= 0.6 is 0 Å². The monoisotopic (exact) mass is 281 g/mol. The Kier molecular flexibility index (Phi) is 6.97. The summed E-state index contributed by atoms with van der Waals surface area (Å²) in [7, 11) is 1.62. The van der Waals surface area contributed by atoms with Crippen LogP contribution in [-0.2, 0) is 14.3 Å². The van der Waals surface area contributed by atoms with Crippen LogP contribution in [0.4, 0.5) is 0 Å². The second kappa shape index (κ2) is 8.81. The molecule has 8 nitrogen and oxygen atoms in total. The summed E-state index contributed by atoms with van der Waals surface area (Å²) in [6, 6.07) is 0. The Morgan fingerprint density at radius 2 is 2.50 bits per heavy atom. The third-order valence-electron chi connectivity index (χ3n) is 2.61. The molecular weight excluding hydrogens is 262 g/mol. The molecule has 0 fully saturated rings. The number of rotatable bonds is 6. The molecule has 0 bridgehead atoms. The number of carbonyl (C=O) groups is 2. The predicted molar refractivity (Wildman–Crippen MR) is 75.0 cm³/mol. The Bertz CT molecular complexity index is 419. The molecule has 1 heterocycles. The van der Waals surface area contributed by atoms with Gasteiger partial charge in [-0.3, -0.25) is 19.9 Å². The fourth-order valence-corrected chi connectivity index (χ4v) is 1.57. The van der Waals surface area contributed by atoms with Crippen LogP contribution in [0.5, 0.6) is 0 Å². The average Bonchev–Trinajstić information content (AvgIpc) is 2.51. The largest absolute Gasteiger partial charge is 0.385 e. The van der Waals surface area contributed by atoms with E-state index in [-0.39, 0.29) is 6.54 Å². The van der Waals surface area contributed by atoms with E-state index >= 15 is 0 Å². The minimum atomic E-state index is -0.508. The number of aliphatic imine (C=N–C) groups is 2. The summed E-state index contributed by atoms with van der Waals surface area (Å²) in [6.07, 6.45) is 5.82. The zero-order chi connectivity index (χ0) is 14.8. The molecule has 0 saturated carbocycles. The van der Waals surface area contributed by atoms with Crippen molar-refractivity contribution in [1.29, 1.82) is 0 Å². The molecule has 0 aromatic heterocycles. The first kappa shape index (κ1) is 15.8. The summed E-state index contributed by atoms with van der Waals surface area (Å²) in [5, 5.41) is 2.50. The topological polar surface area (TPSA) is 109 Å². The van der Waals surface area contributed by atoms with Crippen LogP contribution in [0.2, 0.25) is 0 Å². The standard InChI is InChI=1S/C12H19N5O3/c1-20-6-2-5-17-8-14-7-10(11(13)19)3-4-15-12(17)16-9-18/h3-4,8-10H,2,5-7H2,1H3,(H2,13,19)(H,15,16,18)/b4-3+,14-8+. The van der Waals surface area contributed by atoms with Crippen LogP contribution in [-0.4, -0.2) is 56.3 Å². The highest BCUT2D eigenvalue weighted by molar-refractivity contribution is 5.96. The fraction of sp³-hybridized carbons (Fsp3) is 0.500. The lowest BCUT2D eigenvalue weighted by Crippen LogP contribution is -2.40. The van der Waals surface area contributed by atoms with E-state index < -0.39 is 11.8 Å². The third kappa shape index (κ3) is 5.19. The first-order valence-electron chi connectivity index (χ1n) is 6.18. The van der Waals surface area contributed by atoms with Gasteiger partial charge in [-0.1, -0.05) is 6.08 Å². The van der Waals surface area contributed by atoms with Crippen LogP contribution in [0.3, 0.4) is 0 Å². The summed E-state index contributed by atoms with van der Waals surface area (Å²) in [5.74, 6) is -0.640. The van der Waals surface area contributed by atoms with Crippen molar-refractivity contribution in [3.8, 4) is 0 Å². The minimum absolute atomic E-state index is 0.247. The molecule has 110 valence electrons. The maximum absolute atomic E-state index is 11.2. The van der Waals surface area contributed by atoms with Gasteiger partial charge in [0.25, 0.3) is 0 Å². The lowest BCUT2D eigenvalue weighted by molar-refractivity contribution is -0.120. The van der Waals surface area contributed by atoms with Crippen molar-refractivity contribution in [2.45, 2.75) is 6.42 Å². The summed E-state index contributed by atoms with van der Waals surface area (Å²) >= 11 is 0. The Balaban J connectivity index is 2.84. The highest BCUT2D eigenvalue weighted by Gasteiger charge is 2.14. The molecule has 1 aliphatic heterocycles. The molecular formula is C12H19N5O3. The highest BCUT2D eigenvalue weighted by atomic mass is 16.5. The van der Waals surface area contributed by atoms with Crippen LogP contribution in [0.15, 0.2) is 22.3 Å². The first-order valence-corrected chi connectivity index (χ1v) is 6.18. The van der Waals surface area contributed by atoms with E-state index in [1.807, 2.05) is 0 Å². The fourth-order valence-electron chi connectivity index (χ4n) is 1.57. The quantitative estimate of drug-likeness (QED) is 0.485. The van der Waals surface area contributed by atoms with Crippen LogP contribution in [0, 0.1) is 5.92 Å². The van der Waals surface area contributed by atoms with Gasteiger partial charge in [-0.05, 0) is 6.42 Å². The van der Waals surface area contributed by atoms with Gasteiger partial charge >= 0.3 is 0 Å². The number of nitrogens with one attached hydrogen (secondary N) is 1. The summed E-state index contributed by atoms with van der Waals surface area (Å²) < 4.78 is 4.98. The first-order chi connectivity index (χ1) is 9.69. The van der Waals surface area contributed by atoms with Gasteiger partial charge in [0.2, 0.25) is 18.3 Å². The zero-order valence-corrected chi connectivity index (χ0v) is 11.4. The van der Waals surface area contributed by atoms with Crippen molar-refractivity contribution in [3.63, 3.8) is 0 Å². The second-order valence-electron chi connectivity index (χ2n) is 4.09. The van der Waals surface area contributed by atoms with E-state index in [1.54, 1.807) is 18.1 Å². The van der Waals surface area contributed by atoms with Gasteiger partial charge in [-0.15, -0.1) is 0 Å². The normalized spacial score (nSPS) is 24.6. The van der Waals surface area contributed by atoms with Crippen LogP contribution in [0.1, 0.15) is 6.42 Å². The van der Waals surface area contributed by atoms with Gasteiger partial charge in [0, 0.05) is 26.5 Å². The van der Waals surface area contributed by atoms with Crippen molar-refractivity contribution in [3.05, 3.63) is 12.3 Å². The number of hydrogen-bond acceptors (Lipinski definition) is 6. The molecule has 20 heavy (non-hydrogen) atoms. The second-order valence-corrected chi connectivity index (χ2v) is 4.09. The van der Waals surface area contributed by atoms with E-state index in [0.29, 0.717) is 25.5 Å². The van der Waals surface area contributed by atoms with Crippen molar-refractivity contribution in [1.82, 2.24) is 10.2 Å². The summed E-state index contributed by atoms with van der Waals surface area (Å²) in [6.45, 7) is 1.40. The van der Waals surface area contributed by atoms with E-state index in [4.69, 9.17) is 10.5 Å². The van der Waals surface area contributed by atoms with Gasteiger partial charge in [-0.25, -0.2) is 4.99 Å². The molecule has 0 aromatic carbocycles. The molecule has 0 radical (unpaired) electrons. The van der Waals surface area contributed by atoms with Crippen LogP contribution in [0.25, 0.3) is 0 Å². The molecule has 1 atom stereocenters. The Morgan fingerprint density at radius 1 is 1.70 bits per heavy atom. The molecule has 0 saturated heterocycles. The van der Waals surface area contributed by atoms with E-state index in [1.165, 1.54) is 12.5 Å². The number of amides is 2. The number of nitrogens with zero attached hydrogens (tertiary/aromatic N) is 3. The number of ether oxygens (including phenoxy) is 1. The maximum atomic E-state index is 11.2. The van der Waals surface area contributed by atoms with Crippen LogP contribution < -0.4 is 11.1 Å². The number of nitrogens with two attached hydrogens (primary N) is 1. The lowest BCUT2D eigenvalue weighted by atomic mass is 10.1. The van der Waals surface area contributed by atoms with E-state index in [0.717, 1.165) is 6.42 Å². The number of guanidine groups is 1. The molecule has 2 amide bonds. The van der Waals surface area contributed by atoms with Crippen molar-refractivity contribution in [2.24, 2.45) is 21.6 Å². The smallest absolute Gasteiger partial charge is 0.226 e. The van der Waals surface area contributed by atoms with Crippen molar-refractivity contribution < 1.29 is 14.3 Å². The Morgan fingerprint density at radius 3 is 3.15 bits per heavy atom. The molecule has 1 rings (SSSR count). The van der Waals surface area contributed by atoms with Crippen molar-refractivity contribution >= 4 is 24.6 Å². The highest BCUT2D eigenvalue weighted by Crippen LogP contribution is 2.02. The number of methoxy groups -OCH3 is 1. The maximum Gasteiger partial charge on any atom is 0.226 e. The van der Waals surface area contributed by atoms with Gasteiger partial charge in [0.05, 0.1) is 18.8 Å². The van der Waals surface area contributed by atoms with E-state index in [9.17, 15) is 9.59 Å². The van der Waals surface area contributed by atoms with Gasteiger partial charge in [0.15, 0.2) is 0 Å². The summed E-state index contributed by atoms with van der Waals surface area (Å²) in [4.78, 5) is 31.7. The van der Waals surface area contributed by atoms with Gasteiger partial charge in [0.1, 0.15) is 0 Å². The van der Waals surface area contributed by atoms with Gasteiger partial charge in [-0.2, -0.15) is 0 Å². The van der Waals surface area contributed by atoms with Crippen molar-refractivity contribution in [2.75, 3.05) is 26.8 Å². The molecule has 0 spiro atoms. The molecule has 8 heteroatoms. The Hall–Kier alpha value is -2.22. The zero-order valence-electron chi connectivity index (χ0n) is 11.4. The SMILES string of the molecule is COCCCN1/C=N/CC(C(N)=O)/C=C/N=C\1NC=O. The lowest BCUT2D eigenvalue weighted by Gasteiger charge is -2.19. The van der Waals surface area contributed by atoms with Gasteiger partial charge < -0.3 is 15.4 Å². The summed E-state index contributed by atoms with van der Waals surface area (Å²) in [5.41, 5.74) is 5.25. The van der Waals surface area contributed by atoms with E-state index in [2.05, 4.69) is 15.3 Å². The molecule has 0 aliphatic carbocycles. The third-order valence-corrected chi connectivity index (χ3v) is 2.61. The predicted octanol–water partition coefficient (Wildman–Crippen LogP) is -0.916. The molecule has 3 N–H and O–H groups in total. The molecule has 1 aliphatic rings. The number of primary amides is 1. The Labute approximate surface area is 117 Å². The average molecular weight is 281 g/mol.